The van der Waals surface area contributed by atoms with E-state index in [0.717, 1.165) is 12.2 Å². The van der Waals surface area contributed by atoms with Crippen LogP contribution in [0.25, 0.3) is 0 Å². The Morgan fingerprint density at radius 1 is 1.42 bits per heavy atom. The predicted octanol–water partition coefficient (Wildman–Crippen LogP) is 3.29. The third kappa shape index (κ3) is 2.74. The van der Waals surface area contributed by atoms with E-state index in [0.29, 0.717) is 6.04 Å². The third-order valence-electron chi connectivity index (χ3n) is 3.89. The molecule has 2 aromatic heterocycles. The molecule has 2 heterocycles. The molecule has 0 aliphatic heterocycles. The minimum absolute atomic E-state index is 0.525. The van der Waals surface area contributed by atoms with Crippen LogP contribution in [-0.2, 0) is 13.0 Å². The van der Waals surface area contributed by atoms with E-state index < -0.39 is 0 Å². The Labute approximate surface area is 118 Å². The Morgan fingerprint density at radius 3 is 3.05 bits per heavy atom. The van der Waals surface area contributed by atoms with E-state index in [1.165, 1.54) is 41.8 Å². The molecule has 0 bridgehead atoms. The van der Waals surface area contributed by atoms with Crippen LogP contribution in [0.5, 0.6) is 0 Å². The average Bonchev–Trinajstić information content (AvgIpc) is 2.92. The number of hydrogen-bond donors (Lipinski definition) is 1. The van der Waals surface area contributed by atoms with Gasteiger partial charge in [0.1, 0.15) is 5.01 Å². The number of nitrogens with zero attached hydrogens (tertiary/aromatic N) is 2. The highest BCUT2D eigenvalue weighted by Crippen LogP contribution is 2.29. The van der Waals surface area contributed by atoms with Crippen molar-refractivity contribution in [2.75, 3.05) is 7.05 Å². The highest BCUT2D eigenvalue weighted by molar-refractivity contribution is 7.09. The number of fused-ring (bicyclic) bond motifs is 1. The first-order chi connectivity index (χ1) is 9.26. The van der Waals surface area contributed by atoms with Gasteiger partial charge in [-0.05, 0) is 44.4 Å². The fourth-order valence-electron chi connectivity index (χ4n) is 2.94. The normalized spacial score (nSPS) is 19.2. The number of rotatable bonds is 3. The SMILES string of the molecule is CNC1CCCCc2cn(Cc3nc(C)cs3)cc21. The Morgan fingerprint density at radius 2 is 2.32 bits per heavy atom. The van der Waals surface area contributed by atoms with Gasteiger partial charge in [-0.15, -0.1) is 11.3 Å². The molecule has 0 saturated carbocycles. The zero-order chi connectivity index (χ0) is 13.2. The van der Waals surface area contributed by atoms with E-state index in [9.17, 15) is 0 Å². The number of nitrogens with one attached hydrogen (secondary N) is 1. The van der Waals surface area contributed by atoms with Crippen LogP contribution in [0.1, 0.15) is 47.1 Å². The standard InChI is InChI=1S/C15H21N3S/c1-11-10-19-15(17-11)9-18-7-12-5-3-4-6-14(16-2)13(12)8-18/h7-8,10,14,16H,3-6,9H2,1-2H3. The van der Waals surface area contributed by atoms with Gasteiger partial charge in [0.25, 0.3) is 0 Å². The van der Waals surface area contributed by atoms with Crippen LogP contribution in [0.15, 0.2) is 17.8 Å². The molecule has 1 aliphatic carbocycles. The number of thiazole rings is 1. The minimum Gasteiger partial charge on any atom is -0.347 e. The van der Waals surface area contributed by atoms with Gasteiger partial charge in [0, 0.05) is 29.5 Å². The van der Waals surface area contributed by atoms with Crippen molar-refractivity contribution in [3.8, 4) is 0 Å². The fourth-order valence-corrected chi connectivity index (χ4v) is 3.72. The van der Waals surface area contributed by atoms with Crippen molar-refractivity contribution >= 4 is 11.3 Å². The van der Waals surface area contributed by atoms with Gasteiger partial charge in [0.15, 0.2) is 0 Å². The van der Waals surface area contributed by atoms with E-state index >= 15 is 0 Å². The summed E-state index contributed by atoms with van der Waals surface area (Å²) in [5.41, 5.74) is 4.14. The van der Waals surface area contributed by atoms with Crippen molar-refractivity contribution in [1.29, 1.82) is 0 Å². The second kappa shape index (κ2) is 5.47. The topological polar surface area (TPSA) is 29.9 Å². The first-order valence-electron chi connectivity index (χ1n) is 7.03. The Kier molecular flexibility index (Phi) is 3.71. The van der Waals surface area contributed by atoms with E-state index in [1.807, 2.05) is 0 Å². The molecule has 1 atom stereocenters. The summed E-state index contributed by atoms with van der Waals surface area (Å²) in [4.78, 5) is 4.55. The highest BCUT2D eigenvalue weighted by Gasteiger charge is 2.19. The smallest absolute Gasteiger partial charge is 0.113 e. The molecule has 0 amide bonds. The molecular weight excluding hydrogens is 254 g/mol. The van der Waals surface area contributed by atoms with Crippen LogP contribution in [0, 0.1) is 6.92 Å². The molecule has 0 fully saturated rings. The fraction of sp³-hybridized carbons (Fsp3) is 0.533. The van der Waals surface area contributed by atoms with Gasteiger partial charge in [0.2, 0.25) is 0 Å². The quantitative estimate of drug-likeness (QED) is 0.871. The lowest BCUT2D eigenvalue weighted by Gasteiger charge is -2.13. The summed E-state index contributed by atoms with van der Waals surface area (Å²) in [6.45, 7) is 2.96. The van der Waals surface area contributed by atoms with E-state index in [4.69, 9.17) is 0 Å². The first kappa shape index (κ1) is 12.9. The zero-order valence-electron chi connectivity index (χ0n) is 11.6. The lowest BCUT2D eigenvalue weighted by molar-refractivity contribution is 0.531. The average molecular weight is 275 g/mol. The molecule has 102 valence electrons. The summed E-state index contributed by atoms with van der Waals surface area (Å²) in [6, 6.07) is 0.525. The summed E-state index contributed by atoms with van der Waals surface area (Å²) in [5, 5.41) is 6.78. The van der Waals surface area contributed by atoms with E-state index in [1.54, 1.807) is 11.3 Å². The third-order valence-corrected chi connectivity index (χ3v) is 4.85. The summed E-state index contributed by atoms with van der Waals surface area (Å²) in [5.74, 6) is 0. The molecule has 19 heavy (non-hydrogen) atoms. The van der Waals surface area contributed by atoms with Crippen LogP contribution in [0.3, 0.4) is 0 Å². The van der Waals surface area contributed by atoms with Crippen molar-refractivity contribution in [2.24, 2.45) is 0 Å². The maximum atomic E-state index is 4.55. The molecule has 0 saturated heterocycles. The molecule has 0 radical (unpaired) electrons. The molecular formula is C15H21N3S. The van der Waals surface area contributed by atoms with Crippen molar-refractivity contribution in [3.05, 3.63) is 39.6 Å². The zero-order valence-corrected chi connectivity index (χ0v) is 12.5. The van der Waals surface area contributed by atoms with Crippen LogP contribution >= 0.6 is 11.3 Å². The van der Waals surface area contributed by atoms with Crippen molar-refractivity contribution in [3.63, 3.8) is 0 Å². The van der Waals surface area contributed by atoms with Gasteiger partial charge in [-0.25, -0.2) is 4.98 Å². The van der Waals surface area contributed by atoms with E-state index in [-0.39, 0.29) is 0 Å². The lowest BCUT2D eigenvalue weighted by Crippen LogP contribution is -2.15. The highest BCUT2D eigenvalue weighted by atomic mass is 32.1. The van der Waals surface area contributed by atoms with Crippen molar-refractivity contribution < 1.29 is 0 Å². The van der Waals surface area contributed by atoms with Crippen LogP contribution in [-0.4, -0.2) is 16.6 Å². The summed E-state index contributed by atoms with van der Waals surface area (Å²) < 4.78 is 2.30. The molecule has 1 unspecified atom stereocenters. The second-order valence-corrected chi connectivity index (χ2v) is 6.32. The molecule has 2 aromatic rings. The summed E-state index contributed by atoms with van der Waals surface area (Å²) >= 11 is 1.75. The minimum atomic E-state index is 0.525. The number of hydrogen-bond acceptors (Lipinski definition) is 3. The Hall–Kier alpha value is -1.13. The molecule has 0 aromatic carbocycles. The van der Waals surface area contributed by atoms with Crippen LogP contribution in [0.4, 0.5) is 0 Å². The number of aryl methyl sites for hydroxylation is 2. The Balaban J connectivity index is 1.84. The van der Waals surface area contributed by atoms with Gasteiger partial charge in [-0.1, -0.05) is 6.42 Å². The maximum absolute atomic E-state index is 4.55. The molecule has 1 N–H and O–H groups in total. The maximum Gasteiger partial charge on any atom is 0.113 e. The lowest BCUT2D eigenvalue weighted by atomic mass is 10.1. The van der Waals surface area contributed by atoms with Crippen LogP contribution in [0.2, 0.25) is 0 Å². The van der Waals surface area contributed by atoms with E-state index in [2.05, 4.69) is 46.6 Å². The van der Waals surface area contributed by atoms with Crippen LogP contribution < -0.4 is 5.32 Å². The predicted molar refractivity (Wildman–Crippen MR) is 79.7 cm³/mol. The molecule has 1 aliphatic rings. The van der Waals surface area contributed by atoms with Crippen molar-refractivity contribution in [2.45, 2.75) is 45.2 Å². The van der Waals surface area contributed by atoms with Gasteiger partial charge in [-0.2, -0.15) is 0 Å². The largest absolute Gasteiger partial charge is 0.347 e. The Bertz CT molecular complexity index is 555. The van der Waals surface area contributed by atoms with Crippen molar-refractivity contribution in [1.82, 2.24) is 14.9 Å². The van der Waals surface area contributed by atoms with Gasteiger partial charge < -0.3 is 9.88 Å². The summed E-state index contributed by atoms with van der Waals surface area (Å²) in [7, 11) is 2.07. The number of aromatic nitrogens is 2. The summed E-state index contributed by atoms with van der Waals surface area (Å²) in [6.07, 6.45) is 9.75. The molecule has 3 rings (SSSR count). The van der Waals surface area contributed by atoms with Gasteiger partial charge >= 0.3 is 0 Å². The monoisotopic (exact) mass is 275 g/mol. The molecule has 0 spiro atoms. The van der Waals surface area contributed by atoms with Gasteiger partial charge in [-0.3, -0.25) is 0 Å². The first-order valence-corrected chi connectivity index (χ1v) is 7.91. The van der Waals surface area contributed by atoms with Gasteiger partial charge in [0.05, 0.1) is 6.54 Å². The molecule has 3 nitrogen and oxygen atoms in total. The molecule has 4 heteroatoms. The second-order valence-electron chi connectivity index (χ2n) is 5.38.